The van der Waals surface area contributed by atoms with Crippen molar-refractivity contribution in [3.8, 4) is 11.5 Å². The number of nitrogens with one attached hydrogen (secondary N) is 1. The zero-order valence-electron chi connectivity index (χ0n) is 16.9. The molecule has 0 radical (unpaired) electrons. The summed E-state index contributed by atoms with van der Waals surface area (Å²) in [5, 5.41) is 5.14. The number of hydrogen-bond acceptors (Lipinski definition) is 3. The summed E-state index contributed by atoms with van der Waals surface area (Å²) in [6, 6.07) is 19.7. The van der Waals surface area contributed by atoms with Crippen LogP contribution in [0.15, 0.2) is 60.7 Å². The molecular weight excluding hydrogens is 441 g/mol. The molecule has 0 aliphatic rings. The van der Waals surface area contributed by atoms with E-state index >= 15 is 0 Å². The number of rotatable bonds is 9. The molecule has 1 atom stereocenters. The molecule has 0 spiro atoms. The van der Waals surface area contributed by atoms with Gasteiger partial charge in [-0.15, -0.1) is 0 Å². The lowest BCUT2D eigenvalue weighted by Crippen LogP contribution is -2.18. The zero-order valence-corrected chi connectivity index (χ0v) is 19.2. The second-order valence-corrected chi connectivity index (χ2v) is 8.13. The third kappa shape index (κ3) is 6.05. The van der Waals surface area contributed by atoms with E-state index in [0.29, 0.717) is 39.7 Å². The molecule has 1 N–H and O–H groups in total. The Balaban J connectivity index is 1.73. The highest BCUT2D eigenvalue weighted by molar-refractivity contribution is 6.35. The first-order valence-corrected chi connectivity index (χ1v) is 10.9. The van der Waals surface area contributed by atoms with E-state index in [1.165, 1.54) is 5.56 Å². The van der Waals surface area contributed by atoms with Gasteiger partial charge in [0.1, 0.15) is 6.61 Å². The summed E-state index contributed by atoms with van der Waals surface area (Å²) in [7, 11) is 0. The minimum Gasteiger partial charge on any atom is -0.490 e. The normalized spacial score (nSPS) is 11.9. The lowest BCUT2D eigenvalue weighted by atomic mass is 10.1. The Kier molecular flexibility index (Phi) is 8.29. The molecule has 3 rings (SSSR count). The van der Waals surface area contributed by atoms with Crippen molar-refractivity contribution >= 4 is 34.8 Å². The topological polar surface area (TPSA) is 30.5 Å². The quantitative estimate of drug-likeness (QED) is 0.356. The van der Waals surface area contributed by atoms with E-state index in [1.54, 1.807) is 12.1 Å². The highest BCUT2D eigenvalue weighted by Crippen LogP contribution is 2.38. The van der Waals surface area contributed by atoms with Crippen molar-refractivity contribution in [3.63, 3.8) is 0 Å². The molecule has 0 amide bonds. The maximum absolute atomic E-state index is 6.55. The molecule has 0 saturated carbocycles. The van der Waals surface area contributed by atoms with Crippen molar-refractivity contribution in [1.29, 1.82) is 0 Å². The second kappa shape index (κ2) is 10.9. The van der Waals surface area contributed by atoms with E-state index in [4.69, 9.17) is 44.3 Å². The second-order valence-electron chi connectivity index (χ2n) is 6.88. The summed E-state index contributed by atoms with van der Waals surface area (Å²) in [6.45, 7) is 5.48. The predicted octanol–water partition coefficient (Wildman–Crippen LogP) is 7.48. The van der Waals surface area contributed by atoms with Gasteiger partial charge in [-0.25, -0.2) is 0 Å². The van der Waals surface area contributed by atoms with Crippen LogP contribution in [0.3, 0.4) is 0 Å². The first kappa shape index (κ1) is 22.8. The lowest BCUT2D eigenvalue weighted by Gasteiger charge is -2.18. The first-order chi connectivity index (χ1) is 14.5. The maximum atomic E-state index is 6.55. The van der Waals surface area contributed by atoms with Crippen molar-refractivity contribution in [2.45, 2.75) is 33.0 Å². The predicted molar refractivity (Wildman–Crippen MR) is 125 cm³/mol. The Morgan fingerprint density at radius 3 is 2.37 bits per heavy atom. The van der Waals surface area contributed by atoms with Crippen LogP contribution in [-0.2, 0) is 13.2 Å². The van der Waals surface area contributed by atoms with Gasteiger partial charge in [-0.05, 0) is 49.2 Å². The summed E-state index contributed by atoms with van der Waals surface area (Å²) >= 11 is 18.8. The van der Waals surface area contributed by atoms with Crippen LogP contribution < -0.4 is 14.8 Å². The molecule has 6 heteroatoms. The van der Waals surface area contributed by atoms with Crippen molar-refractivity contribution in [2.75, 3.05) is 6.61 Å². The summed E-state index contributed by atoms with van der Waals surface area (Å²) in [4.78, 5) is 0. The molecule has 0 saturated heterocycles. The minimum atomic E-state index is 0.212. The number of hydrogen-bond donors (Lipinski definition) is 1. The number of ether oxygens (including phenoxy) is 2. The number of benzene rings is 3. The Morgan fingerprint density at radius 2 is 1.67 bits per heavy atom. The van der Waals surface area contributed by atoms with Gasteiger partial charge in [-0.2, -0.15) is 0 Å². The number of halogens is 3. The molecule has 0 aliphatic carbocycles. The van der Waals surface area contributed by atoms with E-state index in [1.807, 2.05) is 43.3 Å². The smallest absolute Gasteiger partial charge is 0.180 e. The summed E-state index contributed by atoms with van der Waals surface area (Å²) in [6.07, 6.45) is 0. The molecule has 3 aromatic carbocycles. The van der Waals surface area contributed by atoms with Gasteiger partial charge in [0.15, 0.2) is 11.5 Å². The molecule has 0 unspecified atom stereocenters. The van der Waals surface area contributed by atoms with Crippen molar-refractivity contribution in [3.05, 3.63) is 92.4 Å². The van der Waals surface area contributed by atoms with Crippen LogP contribution in [0, 0.1) is 0 Å². The van der Waals surface area contributed by atoms with Crippen LogP contribution in [0.25, 0.3) is 0 Å². The van der Waals surface area contributed by atoms with Gasteiger partial charge >= 0.3 is 0 Å². The molecule has 0 aromatic heterocycles. The van der Waals surface area contributed by atoms with Gasteiger partial charge < -0.3 is 14.8 Å². The third-order valence-electron chi connectivity index (χ3n) is 4.67. The molecule has 0 fully saturated rings. The van der Waals surface area contributed by atoms with Crippen LogP contribution in [-0.4, -0.2) is 6.61 Å². The van der Waals surface area contributed by atoms with Crippen LogP contribution in [0.2, 0.25) is 15.1 Å². The molecule has 3 aromatic rings. The summed E-state index contributed by atoms with van der Waals surface area (Å²) < 4.78 is 11.8. The minimum absolute atomic E-state index is 0.212. The molecule has 158 valence electrons. The molecule has 0 aliphatic heterocycles. The Hall–Kier alpha value is -1.91. The molecule has 3 nitrogen and oxygen atoms in total. The van der Waals surface area contributed by atoms with Gasteiger partial charge in [0.05, 0.1) is 11.6 Å². The fraction of sp³-hybridized carbons (Fsp3) is 0.250. The van der Waals surface area contributed by atoms with E-state index < -0.39 is 0 Å². The van der Waals surface area contributed by atoms with Gasteiger partial charge in [0.2, 0.25) is 0 Å². The van der Waals surface area contributed by atoms with Crippen molar-refractivity contribution in [1.82, 2.24) is 5.32 Å². The molecule has 0 heterocycles. The first-order valence-electron chi connectivity index (χ1n) is 9.78. The van der Waals surface area contributed by atoms with Crippen LogP contribution in [0.1, 0.15) is 36.6 Å². The summed E-state index contributed by atoms with van der Waals surface area (Å²) in [5.74, 6) is 1.11. The zero-order chi connectivity index (χ0) is 21.5. The van der Waals surface area contributed by atoms with E-state index in [2.05, 4.69) is 24.4 Å². The molecule has 30 heavy (non-hydrogen) atoms. The highest BCUT2D eigenvalue weighted by Gasteiger charge is 2.15. The molecule has 0 bridgehead atoms. The summed E-state index contributed by atoms with van der Waals surface area (Å²) in [5.41, 5.74) is 3.07. The Morgan fingerprint density at radius 1 is 0.900 bits per heavy atom. The Labute approximate surface area is 192 Å². The van der Waals surface area contributed by atoms with Crippen LogP contribution >= 0.6 is 34.8 Å². The fourth-order valence-electron chi connectivity index (χ4n) is 3.05. The average Bonchev–Trinajstić information content (AvgIpc) is 2.73. The van der Waals surface area contributed by atoms with Gasteiger partial charge in [0, 0.05) is 28.2 Å². The van der Waals surface area contributed by atoms with Crippen LogP contribution in [0.5, 0.6) is 11.5 Å². The van der Waals surface area contributed by atoms with Gasteiger partial charge in [-0.1, -0.05) is 71.2 Å². The van der Waals surface area contributed by atoms with E-state index in [0.717, 1.165) is 11.1 Å². The molecular formula is C24H24Cl3NO2. The van der Waals surface area contributed by atoms with Crippen LogP contribution in [0.4, 0.5) is 0 Å². The lowest BCUT2D eigenvalue weighted by molar-refractivity contribution is 0.269. The van der Waals surface area contributed by atoms with E-state index in [-0.39, 0.29) is 12.6 Å². The van der Waals surface area contributed by atoms with Crippen molar-refractivity contribution in [2.24, 2.45) is 0 Å². The Bertz CT molecular complexity index is 980. The SMILES string of the molecule is CCOc1cc(CN[C@@H](C)c2ccccc2)cc(Cl)c1OCc1ccc(Cl)cc1Cl. The fourth-order valence-corrected chi connectivity index (χ4v) is 3.80. The monoisotopic (exact) mass is 463 g/mol. The third-order valence-corrected chi connectivity index (χ3v) is 5.54. The largest absolute Gasteiger partial charge is 0.490 e. The average molecular weight is 465 g/mol. The van der Waals surface area contributed by atoms with E-state index in [9.17, 15) is 0 Å². The van der Waals surface area contributed by atoms with Crippen molar-refractivity contribution < 1.29 is 9.47 Å². The van der Waals surface area contributed by atoms with Gasteiger partial charge in [0.25, 0.3) is 0 Å². The van der Waals surface area contributed by atoms with Gasteiger partial charge in [-0.3, -0.25) is 0 Å². The standard InChI is InChI=1S/C24H24Cl3NO2/c1-3-29-23-12-17(14-28-16(2)18-7-5-4-6-8-18)11-22(27)24(23)30-15-19-9-10-20(25)13-21(19)26/h4-13,16,28H,3,14-15H2,1-2H3/t16-/m0/s1. The highest BCUT2D eigenvalue weighted by atomic mass is 35.5. The maximum Gasteiger partial charge on any atom is 0.180 e.